The summed E-state index contributed by atoms with van der Waals surface area (Å²) in [5.41, 5.74) is 3.58. The maximum absolute atomic E-state index is 13.1. The number of pyridine rings is 1. The predicted octanol–water partition coefficient (Wildman–Crippen LogP) is 1.81. The van der Waals surface area contributed by atoms with Crippen molar-refractivity contribution >= 4 is 22.7 Å². The van der Waals surface area contributed by atoms with E-state index in [-0.39, 0.29) is 11.7 Å². The summed E-state index contributed by atoms with van der Waals surface area (Å²) in [6, 6.07) is 4.55. The first kappa shape index (κ1) is 27.7. The van der Waals surface area contributed by atoms with Crippen LogP contribution >= 0.6 is 0 Å². The van der Waals surface area contributed by atoms with E-state index in [2.05, 4.69) is 45.0 Å². The standard InChI is InChI=1S/C27H42N6O4/c1-21(34)9-15-36-17-18-37-16-11-28-22-6-12-32(13-7-22)26(35)8-14-33-25-20-31(3)30(2)19-24(25)23-5-4-10-29-27(23)33/h4-5,10,22,28H,6-9,11-20H2,1-3H3. The second kappa shape index (κ2) is 13.4. The maximum atomic E-state index is 13.1. The average Bonchev–Trinajstić information content (AvgIpc) is 3.19. The topological polar surface area (TPSA) is 92.2 Å². The van der Waals surface area contributed by atoms with E-state index in [4.69, 9.17) is 9.47 Å². The van der Waals surface area contributed by atoms with Gasteiger partial charge in [-0.05, 0) is 37.5 Å². The molecule has 0 saturated carbocycles. The third kappa shape index (κ3) is 7.36. The minimum atomic E-state index is 0.143. The third-order valence-electron chi connectivity index (χ3n) is 7.44. The van der Waals surface area contributed by atoms with Crippen LogP contribution in [0, 0.1) is 0 Å². The van der Waals surface area contributed by atoms with Gasteiger partial charge in [-0.25, -0.2) is 15.0 Å². The van der Waals surface area contributed by atoms with Crippen molar-refractivity contribution in [1.82, 2.24) is 29.8 Å². The van der Waals surface area contributed by atoms with Crippen LogP contribution in [0.5, 0.6) is 0 Å². The summed E-state index contributed by atoms with van der Waals surface area (Å²) in [5, 5.41) is 9.18. The molecule has 2 aliphatic rings. The molecule has 10 nitrogen and oxygen atoms in total. The van der Waals surface area contributed by atoms with Crippen molar-refractivity contribution in [2.45, 2.75) is 58.3 Å². The third-order valence-corrected chi connectivity index (χ3v) is 7.44. The summed E-state index contributed by atoms with van der Waals surface area (Å²) in [7, 11) is 4.20. The molecule has 2 aromatic heterocycles. The second-order valence-electron chi connectivity index (χ2n) is 10.1. The zero-order chi connectivity index (χ0) is 26.2. The predicted molar refractivity (Wildman–Crippen MR) is 142 cm³/mol. The van der Waals surface area contributed by atoms with Crippen molar-refractivity contribution in [3.63, 3.8) is 0 Å². The summed E-state index contributed by atoms with van der Waals surface area (Å²) in [4.78, 5) is 30.6. The lowest BCUT2D eigenvalue weighted by molar-refractivity contribution is -0.132. The highest BCUT2D eigenvalue weighted by molar-refractivity contribution is 5.83. The minimum absolute atomic E-state index is 0.143. The number of hydrogen-bond donors (Lipinski definition) is 1. The van der Waals surface area contributed by atoms with Gasteiger partial charge in [-0.2, -0.15) is 0 Å². The van der Waals surface area contributed by atoms with Gasteiger partial charge in [0.15, 0.2) is 0 Å². The van der Waals surface area contributed by atoms with Gasteiger partial charge in [0.2, 0.25) is 5.91 Å². The number of ketones is 1. The molecule has 2 aliphatic heterocycles. The van der Waals surface area contributed by atoms with Crippen molar-refractivity contribution in [1.29, 1.82) is 0 Å². The number of Topliss-reactive ketones (excluding diaryl/α,β-unsaturated/α-hetero) is 1. The zero-order valence-electron chi connectivity index (χ0n) is 22.6. The first-order valence-corrected chi connectivity index (χ1v) is 13.5. The van der Waals surface area contributed by atoms with Crippen LogP contribution in [0.4, 0.5) is 0 Å². The van der Waals surface area contributed by atoms with Gasteiger partial charge >= 0.3 is 0 Å². The van der Waals surface area contributed by atoms with E-state index in [9.17, 15) is 9.59 Å². The molecular weight excluding hydrogens is 472 g/mol. The Kier molecular flexibility index (Phi) is 10.0. The quantitative estimate of drug-likeness (QED) is 0.405. The Balaban J connectivity index is 1.17. The number of carbonyl (C=O) groups excluding carboxylic acids is 2. The number of hydrogen-bond acceptors (Lipinski definition) is 8. The summed E-state index contributed by atoms with van der Waals surface area (Å²) in [5.74, 6) is 0.365. The maximum Gasteiger partial charge on any atom is 0.224 e. The fraction of sp³-hybridized carbons (Fsp3) is 0.667. The summed E-state index contributed by atoms with van der Waals surface area (Å²) in [6.45, 7) is 8.41. The summed E-state index contributed by atoms with van der Waals surface area (Å²) < 4.78 is 13.2. The van der Waals surface area contributed by atoms with Crippen LogP contribution in [0.15, 0.2) is 18.3 Å². The van der Waals surface area contributed by atoms with Gasteiger partial charge < -0.3 is 24.3 Å². The smallest absolute Gasteiger partial charge is 0.224 e. The van der Waals surface area contributed by atoms with Crippen molar-refractivity contribution in [3.8, 4) is 0 Å². The molecule has 10 heteroatoms. The highest BCUT2D eigenvalue weighted by Gasteiger charge is 2.27. The molecule has 0 unspecified atom stereocenters. The molecule has 1 N–H and O–H groups in total. The number of amides is 1. The number of nitrogens with one attached hydrogen (secondary N) is 1. The van der Waals surface area contributed by atoms with Crippen LogP contribution in [0.2, 0.25) is 0 Å². The first-order chi connectivity index (χ1) is 17.9. The number of carbonyl (C=O) groups is 2. The first-order valence-electron chi connectivity index (χ1n) is 13.5. The van der Waals surface area contributed by atoms with E-state index >= 15 is 0 Å². The summed E-state index contributed by atoms with van der Waals surface area (Å²) >= 11 is 0. The number of aryl methyl sites for hydroxylation is 1. The SMILES string of the molecule is CC(=O)CCOCCOCCNC1CCN(C(=O)CCn2c3c(c4cccnc42)CN(C)N(C)C3)CC1. The second-order valence-corrected chi connectivity index (χ2v) is 10.1. The van der Waals surface area contributed by atoms with Crippen LogP contribution in [-0.4, -0.2) is 102 Å². The van der Waals surface area contributed by atoms with Gasteiger partial charge in [0, 0.05) is 83.0 Å². The molecule has 0 aromatic carbocycles. The normalized spacial score (nSPS) is 17.4. The Morgan fingerprint density at radius 1 is 1.03 bits per heavy atom. The Morgan fingerprint density at radius 3 is 2.51 bits per heavy atom. The van der Waals surface area contributed by atoms with Crippen molar-refractivity contribution in [2.24, 2.45) is 0 Å². The number of ether oxygens (including phenoxy) is 2. The molecular formula is C27H42N6O4. The van der Waals surface area contributed by atoms with Crippen LogP contribution in [0.25, 0.3) is 11.0 Å². The molecule has 4 heterocycles. The van der Waals surface area contributed by atoms with E-state index in [1.54, 1.807) is 6.92 Å². The number of piperidine rings is 1. The Labute approximate surface area is 219 Å². The molecule has 0 bridgehead atoms. The number of fused-ring (bicyclic) bond motifs is 3. The van der Waals surface area contributed by atoms with Gasteiger partial charge in [0.05, 0.1) is 33.0 Å². The van der Waals surface area contributed by atoms with Gasteiger partial charge in [0.25, 0.3) is 0 Å². The Bertz CT molecular complexity index is 1050. The number of likely N-dealkylation sites (tertiary alicyclic amines) is 1. The summed E-state index contributed by atoms with van der Waals surface area (Å²) in [6.07, 6.45) is 4.71. The largest absolute Gasteiger partial charge is 0.379 e. The lowest BCUT2D eigenvalue weighted by Crippen LogP contribution is -2.45. The van der Waals surface area contributed by atoms with Gasteiger partial charge in [-0.1, -0.05) is 0 Å². The monoisotopic (exact) mass is 514 g/mol. The molecule has 0 radical (unpaired) electrons. The molecule has 0 atom stereocenters. The van der Waals surface area contributed by atoms with Crippen LogP contribution in [0.1, 0.15) is 43.9 Å². The number of rotatable bonds is 13. The van der Waals surface area contributed by atoms with E-state index < -0.39 is 0 Å². The zero-order valence-corrected chi connectivity index (χ0v) is 22.6. The Morgan fingerprint density at radius 2 is 1.76 bits per heavy atom. The van der Waals surface area contributed by atoms with Crippen molar-refractivity contribution in [3.05, 3.63) is 29.6 Å². The molecule has 37 heavy (non-hydrogen) atoms. The van der Waals surface area contributed by atoms with E-state index in [0.29, 0.717) is 51.9 Å². The van der Waals surface area contributed by atoms with Gasteiger partial charge in [0.1, 0.15) is 11.4 Å². The molecule has 1 fully saturated rings. The van der Waals surface area contributed by atoms with Crippen molar-refractivity contribution < 1.29 is 19.1 Å². The number of nitrogens with zero attached hydrogens (tertiary/aromatic N) is 5. The molecule has 2 aromatic rings. The van der Waals surface area contributed by atoms with Crippen LogP contribution in [-0.2, 0) is 38.7 Å². The van der Waals surface area contributed by atoms with Crippen LogP contribution < -0.4 is 5.32 Å². The lowest BCUT2D eigenvalue weighted by Gasteiger charge is -2.34. The fourth-order valence-electron chi connectivity index (χ4n) is 5.15. The van der Waals surface area contributed by atoms with Gasteiger partial charge in [-0.15, -0.1) is 0 Å². The van der Waals surface area contributed by atoms with E-state index in [0.717, 1.165) is 51.2 Å². The fourth-order valence-corrected chi connectivity index (χ4v) is 5.15. The highest BCUT2D eigenvalue weighted by Crippen LogP contribution is 2.30. The average molecular weight is 515 g/mol. The minimum Gasteiger partial charge on any atom is -0.379 e. The highest BCUT2D eigenvalue weighted by atomic mass is 16.5. The number of aromatic nitrogens is 2. The number of hydrazine groups is 1. The van der Waals surface area contributed by atoms with Gasteiger partial charge in [-0.3, -0.25) is 9.59 Å². The molecule has 1 saturated heterocycles. The van der Waals surface area contributed by atoms with E-state index in [1.165, 1.54) is 16.6 Å². The molecule has 1 amide bonds. The molecule has 204 valence electrons. The van der Waals surface area contributed by atoms with Crippen LogP contribution in [0.3, 0.4) is 0 Å². The van der Waals surface area contributed by atoms with Crippen molar-refractivity contribution in [2.75, 3.05) is 60.2 Å². The molecule has 0 aliphatic carbocycles. The molecule has 4 rings (SSSR count). The van der Waals surface area contributed by atoms with E-state index in [1.807, 2.05) is 17.2 Å². The molecule has 0 spiro atoms. The lowest BCUT2D eigenvalue weighted by atomic mass is 10.0. The Hall–Kier alpha value is -2.37.